The van der Waals surface area contributed by atoms with Crippen molar-refractivity contribution in [2.24, 2.45) is 0 Å². The lowest BCUT2D eigenvalue weighted by atomic mass is 10.1. The lowest BCUT2D eigenvalue weighted by Crippen LogP contribution is -2.25. The van der Waals surface area contributed by atoms with Gasteiger partial charge in [-0.2, -0.15) is 0 Å². The third-order valence-electron chi connectivity index (χ3n) is 3.83. The fourth-order valence-corrected chi connectivity index (χ4v) is 3.10. The molecule has 2 heterocycles. The largest absolute Gasteiger partial charge is 0.384 e. The summed E-state index contributed by atoms with van der Waals surface area (Å²) in [5.41, 5.74) is 6.84. The Kier molecular flexibility index (Phi) is 4.24. The first-order valence-electron chi connectivity index (χ1n) is 7.94. The van der Waals surface area contributed by atoms with E-state index in [-0.39, 0.29) is 16.7 Å². The maximum absolute atomic E-state index is 14.6. The van der Waals surface area contributed by atoms with Gasteiger partial charge in [0.05, 0.1) is 22.4 Å². The Hall–Kier alpha value is -3.25. The van der Waals surface area contributed by atoms with E-state index in [1.807, 2.05) is 25.0 Å². The molecule has 0 aliphatic carbocycles. The minimum Gasteiger partial charge on any atom is -0.384 e. The van der Waals surface area contributed by atoms with Crippen LogP contribution in [0.5, 0.6) is 0 Å². The molecule has 3 N–H and O–H groups in total. The van der Waals surface area contributed by atoms with Gasteiger partial charge in [-0.05, 0) is 12.1 Å². The van der Waals surface area contributed by atoms with Gasteiger partial charge in [0.1, 0.15) is 13.9 Å². The zero-order valence-electron chi connectivity index (χ0n) is 14.7. The van der Waals surface area contributed by atoms with E-state index in [0.29, 0.717) is 4.57 Å². The van der Waals surface area contributed by atoms with Crippen molar-refractivity contribution in [1.29, 1.82) is 0 Å². The number of benzene rings is 1. The third kappa shape index (κ3) is 3.15. The average molecular weight is 387 g/mol. The predicted molar refractivity (Wildman–Crippen MR) is 98.4 cm³/mol. The summed E-state index contributed by atoms with van der Waals surface area (Å²) in [5, 5.41) is 2.00. The number of hydrogen-bond acceptors (Lipinski definition) is 4. The predicted octanol–water partition coefficient (Wildman–Crippen LogP) is 1.81. The molecule has 3 rings (SSSR count). The van der Waals surface area contributed by atoms with Gasteiger partial charge in [-0.25, -0.2) is 8.78 Å². The van der Waals surface area contributed by atoms with Gasteiger partial charge >= 0.3 is 0 Å². The van der Waals surface area contributed by atoms with E-state index < -0.39 is 48.6 Å². The molecule has 0 bridgehead atoms. The molecule has 1 aromatic carbocycles. The Morgan fingerprint density at radius 3 is 2.37 bits per heavy atom. The number of anilines is 1. The molecule has 0 saturated carbocycles. The highest BCUT2D eigenvalue weighted by Gasteiger charge is 2.32. The molecule has 0 atom stereocenters. The molecule has 2 amide bonds. The minimum atomic E-state index is -1.80. The number of carbonyl (C=O) groups excluding carboxylic acids is 2. The highest BCUT2D eigenvalue weighted by molar-refractivity contribution is 6.83. The molecule has 0 fully saturated rings. The highest BCUT2D eigenvalue weighted by atomic mass is 28.3. The van der Waals surface area contributed by atoms with Gasteiger partial charge in [-0.1, -0.05) is 25.6 Å². The molecular weight excluding hydrogens is 372 g/mol. The topological polar surface area (TPSA) is 94.2 Å². The first-order chi connectivity index (χ1) is 12.5. The summed E-state index contributed by atoms with van der Waals surface area (Å²) in [6, 6.07) is 3.26. The Bertz CT molecular complexity index is 1140. The van der Waals surface area contributed by atoms with Crippen molar-refractivity contribution < 1.29 is 18.4 Å². The molecule has 1 aliphatic heterocycles. The maximum Gasteiger partial charge on any atom is 0.262 e. The van der Waals surface area contributed by atoms with Gasteiger partial charge < -0.3 is 5.73 Å². The number of aromatic nitrogens is 1. The zero-order valence-corrected chi connectivity index (χ0v) is 15.7. The third-order valence-corrected chi connectivity index (χ3v) is 4.70. The highest BCUT2D eigenvalue weighted by Crippen LogP contribution is 2.25. The summed E-state index contributed by atoms with van der Waals surface area (Å²) in [5.74, 6) is -1.93. The van der Waals surface area contributed by atoms with Gasteiger partial charge in [0.15, 0.2) is 11.6 Å². The second kappa shape index (κ2) is 6.17. The van der Waals surface area contributed by atoms with E-state index in [1.165, 1.54) is 6.07 Å². The summed E-state index contributed by atoms with van der Waals surface area (Å²) in [4.78, 5) is 35.9. The van der Waals surface area contributed by atoms with E-state index in [0.717, 1.165) is 12.1 Å². The van der Waals surface area contributed by atoms with Crippen LogP contribution in [-0.2, 0) is 0 Å². The minimum absolute atomic E-state index is 0.139. The fourth-order valence-electron chi connectivity index (χ4n) is 2.59. The molecular formula is C18H15F2N3O3Si. The molecule has 9 heteroatoms. The summed E-state index contributed by atoms with van der Waals surface area (Å²) in [6.45, 7) is 5.87. The lowest BCUT2D eigenvalue weighted by molar-refractivity contribution is 0.0880. The number of nitrogen functional groups attached to an aromatic ring is 1. The summed E-state index contributed by atoms with van der Waals surface area (Å²) >= 11 is 0. The van der Waals surface area contributed by atoms with Crippen LogP contribution < -0.4 is 16.6 Å². The van der Waals surface area contributed by atoms with E-state index in [9.17, 15) is 23.2 Å². The average Bonchev–Trinajstić information content (AvgIpc) is 2.83. The number of nitrogens with zero attached hydrogens (tertiary/aromatic N) is 1. The van der Waals surface area contributed by atoms with Crippen molar-refractivity contribution in [1.82, 2.24) is 9.88 Å². The van der Waals surface area contributed by atoms with Crippen LogP contribution >= 0.6 is 0 Å². The molecule has 1 aliphatic rings. The summed E-state index contributed by atoms with van der Waals surface area (Å²) in [7, 11) is -1.80. The van der Waals surface area contributed by atoms with Gasteiger partial charge in [0, 0.05) is 6.07 Å². The molecule has 0 unspecified atom stereocenters. The van der Waals surface area contributed by atoms with Crippen LogP contribution in [0, 0.1) is 23.1 Å². The van der Waals surface area contributed by atoms with Crippen molar-refractivity contribution in [2.45, 2.75) is 19.6 Å². The molecule has 6 nitrogen and oxygen atoms in total. The van der Waals surface area contributed by atoms with Crippen molar-refractivity contribution in [3.8, 4) is 17.2 Å². The SMILES string of the molecule is C[Si](C)(C)C#Cc1ccc(-n2c(N)c3c(cc2=O)C(=O)NC3=O)c(F)c1F. The van der Waals surface area contributed by atoms with Crippen LogP contribution in [0.2, 0.25) is 19.6 Å². The Morgan fingerprint density at radius 1 is 1.07 bits per heavy atom. The first-order valence-corrected chi connectivity index (χ1v) is 11.4. The number of pyridine rings is 1. The number of amides is 2. The number of rotatable bonds is 1. The summed E-state index contributed by atoms with van der Waals surface area (Å²) < 4.78 is 29.7. The second-order valence-corrected chi connectivity index (χ2v) is 11.8. The van der Waals surface area contributed by atoms with Crippen LogP contribution in [0.15, 0.2) is 23.0 Å². The number of hydrogen-bond donors (Lipinski definition) is 2. The van der Waals surface area contributed by atoms with Crippen LogP contribution in [0.1, 0.15) is 26.3 Å². The smallest absolute Gasteiger partial charge is 0.262 e. The number of nitrogens with two attached hydrogens (primary N) is 1. The van der Waals surface area contributed by atoms with Gasteiger partial charge in [-0.15, -0.1) is 5.54 Å². The van der Waals surface area contributed by atoms with Crippen LogP contribution in [0.4, 0.5) is 14.6 Å². The van der Waals surface area contributed by atoms with Crippen molar-refractivity contribution in [3.05, 3.63) is 56.9 Å². The Labute approximate surface area is 154 Å². The number of nitrogens with one attached hydrogen (secondary N) is 1. The standard InChI is InChI=1S/C18H15F2N3O3Si/c1-27(2,3)7-6-9-4-5-11(15(20)14(9)19)23-12(24)8-10-13(16(23)21)18(26)22-17(10)25/h4-5,8H,21H2,1-3H3,(H,22,25,26). The monoisotopic (exact) mass is 387 g/mol. The van der Waals surface area contributed by atoms with E-state index in [4.69, 9.17) is 5.73 Å². The van der Waals surface area contributed by atoms with E-state index >= 15 is 0 Å². The summed E-state index contributed by atoms with van der Waals surface area (Å²) in [6.07, 6.45) is 0. The van der Waals surface area contributed by atoms with Crippen LogP contribution in [0.3, 0.4) is 0 Å². The molecule has 1 aromatic heterocycles. The number of carbonyl (C=O) groups is 2. The number of halogens is 2. The van der Waals surface area contributed by atoms with Gasteiger partial charge in [-0.3, -0.25) is 24.3 Å². The van der Waals surface area contributed by atoms with Gasteiger partial charge in [0.2, 0.25) is 0 Å². The quantitative estimate of drug-likeness (QED) is 0.443. The van der Waals surface area contributed by atoms with Crippen molar-refractivity contribution in [3.63, 3.8) is 0 Å². The van der Waals surface area contributed by atoms with Crippen molar-refractivity contribution in [2.75, 3.05) is 5.73 Å². The normalized spacial score (nSPS) is 13.1. The molecule has 27 heavy (non-hydrogen) atoms. The zero-order chi connectivity index (χ0) is 20.1. The molecule has 0 spiro atoms. The van der Waals surface area contributed by atoms with E-state index in [1.54, 1.807) is 0 Å². The number of fused-ring (bicyclic) bond motifs is 1. The van der Waals surface area contributed by atoms with Crippen molar-refractivity contribution >= 4 is 25.7 Å². The Morgan fingerprint density at radius 2 is 1.74 bits per heavy atom. The molecule has 2 aromatic rings. The lowest BCUT2D eigenvalue weighted by Gasteiger charge is -2.13. The molecule has 0 saturated heterocycles. The van der Waals surface area contributed by atoms with Crippen LogP contribution in [-0.4, -0.2) is 24.5 Å². The van der Waals surface area contributed by atoms with Gasteiger partial charge in [0.25, 0.3) is 17.4 Å². The van der Waals surface area contributed by atoms with E-state index in [2.05, 4.69) is 11.5 Å². The number of imide groups is 1. The molecule has 138 valence electrons. The maximum atomic E-state index is 14.6. The second-order valence-electron chi connectivity index (χ2n) is 7.04. The molecule has 0 radical (unpaired) electrons. The van der Waals surface area contributed by atoms with Crippen LogP contribution in [0.25, 0.3) is 5.69 Å². The first kappa shape index (κ1) is 18.5. The Balaban J connectivity index is 2.22. The fraction of sp³-hybridized carbons (Fsp3) is 0.167.